The van der Waals surface area contributed by atoms with Crippen molar-refractivity contribution in [1.82, 2.24) is 9.80 Å². The number of fused-ring (bicyclic) bond motifs is 4. The number of carbonyl (C=O) groups excluding carboxylic acids is 3. The fraction of sp³-hybridized carbons (Fsp3) is 0.583. The summed E-state index contributed by atoms with van der Waals surface area (Å²) in [4.78, 5) is 44.6. The summed E-state index contributed by atoms with van der Waals surface area (Å²) in [5.41, 5.74) is 1.84. The van der Waals surface area contributed by atoms with Crippen LogP contribution in [-0.4, -0.2) is 95.5 Å². The number of aliphatic hydroxyl groups is 1. The van der Waals surface area contributed by atoms with E-state index < -0.39 is 17.9 Å². The molecule has 0 spiro atoms. The average Bonchev–Trinajstić information content (AvgIpc) is 3.24. The maximum Gasteiger partial charge on any atom is 0.310 e. The lowest BCUT2D eigenvalue weighted by Gasteiger charge is -2.50. The number of likely N-dealkylation sites (N-methyl/N-ethyl adjacent to an activating group) is 2. The van der Waals surface area contributed by atoms with Gasteiger partial charge in [0.1, 0.15) is 18.3 Å². The highest BCUT2D eigenvalue weighted by atomic mass is 16.6. The van der Waals surface area contributed by atoms with Gasteiger partial charge in [-0.2, -0.15) is 0 Å². The molecule has 4 heterocycles. The molecule has 5 fully saturated rings. The van der Waals surface area contributed by atoms with Gasteiger partial charge in [-0.1, -0.05) is 60.7 Å². The molecule has 9 nitrogen and oxygen atoms in total. The normalized spacial score (nSPS) is 39.1. The van der Waals surface area contributed by atoms with Crippen LogP contribution in [0.1, 0.15) is 68.4 Å². The number of rotatable bonds is 7. The van der Waals surface area contributed by atoms with E-state index in [9.17, 15) is 19.5 Å². The Labute approximate surface area is 264 Å². The molecule has 0 aromatic heterocycles. The van der Waals surface area contributed by atoms with Crippen molar-refractivity contribution < 1.29 is 33.7 Å². The van der Waals surface area contributed by atoms with Crippen LogP contribution in [-0.2, 0) is 28.6 Å². The maximum atomic E-state index is 14.3. The van der Waals surface area contributed by atoms with Gasteiger partial charge in [-0.25, -0.2) is 0 Å². The van der Waals surface area contributed by atoms with E-state index >= 15 is 0 Å². The van der Waals surface area contributed by atoms with Crippen LogP contribution >= 0.6 is 0 Å². The van der Waals surface area contributed by atoms with Crippen molar-refractivity contribution in [3.63, 3.8) is 0 Å². The Morgan fingerprint density at radius 2 is 1.11 bits per heavy atom. The van der Waals surface area contributed by atoms with Gasteiger partial charge in [0.25, 0.3) is 0 Å². The topological polar surface area (TPSA) is 106 Å². The predicted molar refractivity (Wildman–Crippen MR) is 165 cm³/mol. The number of nitrogens with zero attached hydrogens (tertiary/aromatic N) is 2. The van der Waals surface area contributed by atoms with Crippen molar-refractivity contribution in [2.75, 3.05) is 14.1 Å². The minimum atomic E-state index is -0.551. The Bertz CT molecular complexity index is 1360. The molecule has 5 aliphatic rings. The molecule has 2 aromatic rings. The van der Waals surface area contributed by atoms with Crippen LogP contribution in [0.15, 0.2) is 60.7 Å². The molecule has 2 unspecified atom stereocenters. The lowest BCUT2D eigenvalue weighted by Crippen LogP contribution is -2.54. The summed E-state index contributed by atoms with van der Waals surface area (Å²) < 4.78 is 18.2. The molecule has 4 bridgehead atoms. The molecule has 1 saturated carbocycles. The first kappa shape index (κ1) is 30.4. The van der Waals surface area contributed by atoms with Crippen LogP contribution in [0.4, 0.5) is 0 Å². The summed E-state index contributed by atoms with van der Waals surface area (Å²) in [5.74, 6) is -2.74. The summed E-state index contributed by atoms with van der Waals surface area (Å²) in [6.45, 7) is 1.44. The first-order valence-corrected chi connectivity index (χ1v) is 16.5. The van der Waals surface area contributed by atoms with E-state index in [1.807, 2.05) is 74.8 Å². The number of esters is 3. The summed E-state index contributed by atoms with van der Waals surface area (Å²) in [7, 11) is 4.08. The van der Waals surface area contributed by atoms with Gasteiger partial charge in [0.15, 0.2) is 0 Å². The average molecular weight is 617 g/mol. The monoisotopic (exact) mass is 616 g/mol. The van der Waals surface area contributed by atoms with E-state index in [1.165, 1.54) is 6.92 Å². The molecule has 9 heteroatoms. The number of piperidine rings is 2. The molecular weight excluding hydrogens is 572 g/mol. The van der Waals surface area contributed by atoms with Gasteiger partial charge in [0, 0.05) is 69.0 Å². The van der Waals surface area contributed by atoms with Gasteiger partial charge in [-0.15, -0.1) is 0 Å². The minimum absolute atomic E-state index is 0.00718. The molecule has 4 aliphatic heterocycles. The lowest BCUT2D eigenvalue weighted by atomic mass is 9.52. The summed E-state index contributed by atoms with van der Waals surface area (Å²) in [6, 6.07) is 19.9. The number of aliphatic hydroxyl groups excluding tert-OH is 1. The molecule has 4 saturated heterocycles. The van der Waals surface area contributed by atoms with Crippen molar-refractivity contribution in [3.05, 3.63) is 71.8 Å². The quantitative estimate of drug-likeness (QED) is 0.369. The largest absolute Gasteiger partial charge is 0.462 e. The number of ether oxygens (including phenoxy) is 3. The van der Waals surface area contributed by atoms with E-state index in [0.29, 0.717) is 32.1 Å². The molecule has 45 heavy (non-hydrogen) atoms. The molecule has 1 aliphatic carbocycles. The van der Waals surface area contributed by atoms with E-state index in [2.05, 4.69) is 9.80 Å². The minimum Gasteiger partial charge on any atom is -0.462 e. The number of benzene rings is 2. The third kappa shape index (κ3) is 5.57. The van der Waals surface area contributed by atoms with Crippen LogP contribution in [0.5, 0.6) is 0 Å². The van der Waals surface area contributed by atoms with Gasteiger partial charge in [-0.3, -0.25) is 24.2 Å². The molecule has 1 N–H and O–H groups in total. The standard InChI is InChI=1S/C36H44N2O7/c1-20(39)43-30-17-24-15-26(19-28(30)38(24)3)45-36(42)34-31(21-10-6-4-7-11-21)33(32(34)22-12-8-5-9-13-22)35(41)44-25-14-23-16-29(40)27(18-25)37(23)2/h4-13,23-34,40H,14-19H2,1-3H3/t23-,24+,25+,26+,27-,28-,29+,30+,31?,32?,33?,34?/m1/s1. The Hall–Kier alpha value is -3.27. The smallest absolute Gasteiger partial charge is 0.310 e. The van der Waals surface area contributed by atoms with Gasteiger partial charge in [-0.05, 0) is 31.6 Å². The van der Waals surface area contributed by atoms with Gasteiger partial charge in [0.2, 0.25) is 0 Å². The molecule has 0 radical (unpaired) electrons. The number of hydrogen-bond acceptors (Lipinski definition) is 9. The van der Waals surface area contributed by atoms with Crippen LogP contribution in [0.3, 0.4) is 0 Å². The van der Waals surface area contributed by atoms with Gasteiger partial charge >= 0.3 is 17.9 Å². The molecule has 7 rings (SSSR count). The third-order valence-corrected chi connectivity index (χ3v) is 11.5. The Morgan fingerprint density at radius 3 is 1.60 bits per heavy atom. The van der Waals surface area contributed by atoms with Crippen LogP contribution < -0.4 is 0 Å². The SMILES string of the molecule is CC(=O)O[C@H]1C[C@@H]2C[C@H](OC(=O)C3C(c4ccccc4)C(C(=O)O[C@H]4C[C@@H]5C[C@H](O)[C@@H](C4)N5C)C3c3ccccc3)C[C@H]1N2C. The second-order valence-electron chi connectivity index (χ2n) is 13.9. The number of carbonyl (C=O) groups is 3. The molecular formula is C36H44N2O7. The molecule has 10 atom stereocenters. The van der Waals surface area contributed by atoms with E-state index in [0.717, 1.165) is 17.5 Å². The van der Waals surface area contributed by atoms with E-state index in [-0.39, 0.29) is 72.2 Å². The first-order chi connectivity index (χ1) is 21.7. The summed E-state index contributed by atoms with van der Waals surface area (Å²) in [5, 5.41) is 10.5. The third-order valence-electron chi connectivity index (χ3n) is 11.5. The van der Waals surface area contributed by atoms with Crippen molar-refractivity contribution in [2.45, 2.75) is 106 Å². The van der Waals surface area contributed by atoms with Crippen LogP contribution in [0.25, 0.3) is 0 Å². The van der Waals surface area contributed by atoms with Crippen LogP contribution in [0, 0.1) is 11.8 Å². The second kappa shape index (κ2) is 12.2. The highest BCUT2D eigenvalue weighted by Crippen LogP contribution is 2.59. The summed E-state index contributed by atoms with van der Waals surface area (Å²) >= 11 is 0. The van der Waals surface area contributed by atoms with Gasteiger partial charge in [0.05, 0.1) is 24.0 Å². The van der Waals surface area contributed by atoms with E-state index in [4.69, 9.17) is 14.2 Å². The lowest BCUT2D eigenvalue weighted by molar-refractivity contribution is -0.177. The van der Waals surface area contributed by atoms with Crippen LogP contribution in [0.2, 0.25) is 0 Å². The Morgan fingerprint density at radius 1 is 0.644 bits per heavy atom. The van der Waals surface area contributed by atoms with Crippen molar-refractivity contribution >= 4 is 17.9 Å². The zero-order valence-electron chi connectivity index (χ0n) is 26.2. The van der Waals surface area contributed by atoms with Crippen molar-refractivity contribution in [2.24, 2.45) is 11.8 Å². The highest BCUT2D eigenvalue weighted by molar-refractivity contribution is 5.85. The first-order valence-electron chi connectivity index (χ1n) is 16.5. The number of hydrogen-bond donors (Lipinski definition) is 1. The molecule has 0 amide bonds. The fourth-order valence-corrected chi connectivity index (χ4v) is 9.31. The second-order valence-corrected chi connectivity index (χ2v) is 13.9. The predicted octanol–water partition coefficient (Wildman–Crippen LogP) is 3.65. The fourth-order valence-electron chi connectivity index (χ4n) is 9.31. The molecule has 240 valence electrons. The maximum absolute atomic E-state index is 14.3. The zero-order valence-corrected chi connectivity index (χ0v) is 26.2. The summed E-state index contributed by atoms with van der Waals surface area (Å²) in [6.07, 6.45) is 2.88. The van der Waals surface area contributed by atoms with Crippen molar-refractivity contribution in [1.29, 1.82) is 0 Å². The highest BCUT2D eigenvalue weighted by Gasteiger charge is 2.61. The van der Waals surface area contributed by atoms with Gasteiger partial charge < -0.3 is 19.3 Å². The Balaban J connectivity index is 1.14. The zero-order chi connectivity index (χ0) is 31.4. The molecule has 2 aromatic carbocycles. The Kier molecular flexibility index (Phi) is 8.21. The van der Waals surface area contributed by atoms with Crippen molar-refractivity contribution in [3.8, 4) is 0 Å². The van der Waals surface area contributed by atoms with E-state index in [1.54, 1.807) is 0 Å².